The zero-order valence-corrected chi connectivity index (χ0v) is 12.7. The lowest BCUT2D eigenvalue weighted by Gasteiger charge is -2.25. The van der Waals surface area contributed by atoms with E-state index in [1.165, 1.54) is 12.8 Å². The molecule has 0 aliphatic heterocycles. The molecule has 1 aliphatic carbocycles. The van der Waals surface area contributed by atoms with Gasteiger partial charge in [-0.15, -0.1) is 5.10 Å². The van der Waals surface area contributed by atoms with Gasteiger partial charge in [-0.05, 0) is 62.1 Å². The van der Waals surface area contributed by atoms with Gasteiger partial charge in [0.05, 0.1) is 12.1 Å². The summed E-state index contributed by atoms with van der Waals surface area (Å²) in [4.78, 5) is 0. The molecule has 6 nitrogen and oxygen atoms in total. The van der Waals surface area contributed by atoms with Gasteiger partial charge in [0.15, 0.2) is 5.82 Å². The SMILES string of the molecule is CCOc1cc(N)cc(-c2nnnn2C(C)(C)C2CC2)c1. The van der Waals surface area contributed by atoms with Crippen molar-refractivity contribution in [1.29, 1.82) is 0 Å². The third-order valence-corrected chi connectivity index (χ3v) is 4.09. The highest BCUT2D eigenvalue weighted by atomic mass is 16.5. The topological polar surface area (TPSA) is 78.8 Å². The van der Waals surface area contributed by atoms with E-state index in [4.69, 9.17) is 10.5 Å². The Morgan fingerprint density at radius 2 is 2.10 bits per heavy atom. The summed E-state index contributed by atoms with van der Waals surface area (Å²) in [5.41, 5.74) is 7.42. The fourth-order valence-electron chi connectivity index (χ4n) is 2.72. The fourth-order valence-corrected chi connectivity index (χ4v) is 2.72. The largest absolute Gasteiger partial charge is 0.494 e. The van der Waals surface area contributed by atoms with Crippen molar-refractivity contribution >= 4 is 5.69 Å². The summed E-state index contributed by atoms with van der Waals surface area (Å²) >= 11 is 0. The minimum atomic E-state index is -0.0881. The van der Waals surface area contributed by atoms with Crippen LogP contribution in [0.2, 0.25) is 0 Å². The Morgan fingerprint density at radius 1 is 1.33 bits per heavy atom. The Kier molecular flexibility index (Phi) is 3.31. The van der Waals surface area contributed by atoms with E-state index >= 15 is 0 Å². The number of nitrogens with zero attached hydrogens (tertiary/aromatic N) is 4. The van der Waals surface area contributed by atoms with Crippen LogP contribution in [0.5, 0.6) is 5.75 Å². The Hall–Kier alpha value is -2.11. The van der Waals surface area contributed by atoms with Crippen molar-refractivity contribution in [3.05, 3.63) is 18.2 Å². The highest BCUT2D eigenvalue weighted by molar-refractivity contribution is 5.64. The van der Waals surface area contributed by atoms with Crippen LogP contribution in [0.3, 0.4) is 0 Å². The van der Waals surface area contributed by atoms with Gasteiger partial charge in [0.2, 0.25) is 0 Å². The number of anilines is 1. The first-order chi connectivity index (χ1) is 10.0. The molecule has 1 saturated carbocycles. The number of rotatable bonds is 5. The third-order valence-electron chi connectivity index (χ3n) is 4.09. The van der Waals surface area contributed by atoms with Crippen molar-refractivity contribution in [3.8, 4) is 17.1 Å². The Morgan fingerprint density at radius 3 is 2.76 bits per heavy atom. The van der Waals surface area contributed by atoms with Crippen LogP contribution in [0, 0.1) is 5.92 Å². The number of ether oxygens (including phenoxy) is 1. The maximum atomic E-state index is 5.97. The number of nitrogens with two attached hydrogens (primary N) is 1. The van der Waals surface area contributed by atoms with E-state index in [1.54, 1.807) is 0 Å². The van der Waals surface area contributed by atoms with E-state index in [1.807, 2.05) is 29.8 Å². The predicted octanol–water partition coefficient (Wildman–Crippen LogP) is 2.47. The van der Waals surface area contributed by atoms with Crippen LogP contribution >= 0.6 is 0 Å². The van der Waals surface area contributed by atoms with Crippen molar-refractivity contribution in [2.24, 2.45) is 5.92 Å². The molecule has 6 heteroatoms. The average molecular weight is 287 g/mol. The summed E-state index contributed by atoms with van der Waals surface area (Å²) < 4.78 is 7.46. The lowest BCUT2D eigenvalue weighted by molar-refractivity contribution is 0.271. The second-order valence-electron chi connectivity index (χ2n) is 6.07. The first-order valence-electron chi connectivity index (χ1n) is 7.35. The lowest BCUT2D eigenvalue weighted by atomic mass is 9.98. The van der Waals surface area contributed by atoms with Crippen LogP contribution in [0.25, 0.3) is 11.4 Å². The monoisotopic (exact) mass is 287 g/mol. The van der Waals surface area contributed by atoms with Gasteiger partial charge >= 0.3 is 0 Å². The van der Waals surface area contributed by atoms with Crippen molar-refractivity contribution in [1.82, 2.24) is 20.2 Å². The van der Waals surface area contributed by atoms with Gasteiger partial charge in [-0.2, -0.15) is 0 Å². The quantitative estimate of drug-likeness (QED) is 0.855. The number of aromatic nitrogens is 4. The van der Waals surface area contributed by atoms with Crippen LogP contribution in [0.4, 0.5) is 5.69 Å². The molecule has 0 bridgehead atoms. The first kappa shape index (κ1) is 13.9. The smallest absolute Gasteiger partial charge is 0.182 e. The standard InChI is InChI=1S/C15H21N5O/c1-4-21-13-8-10(7-12(16)9-13)14-17-18-19-20(14)15(2,3)11-5-6-11/h7-9,11H,4-6,16H2,1-3H3. The molecular weight excluding hydrogens is 266 g/mol. The van der Waals surface area contributed by atoms with E-state index in [0.29, 0.717) is 18.2 Å². The fraction of sp³-hybridized carbons (Fsp3) is 0.533. The summed E-state index contributed by atoms with van der Waals surface area (Å²) in [7, 11) is 0. The number of hydrogen-bond acceptors (Lipinski definition) is 5. The van der Waals surface area contributed by atoms with Crippen LogP contribution in [-0.4, -0.2) is 26.8 Å². The predicted molar refractivity (Wildman–Crippen MR) is 80.9 cm³/mol. The molecule has 0 atom stereocenters. The summed E-state index contributed by atoms with van der Waals surface area (Å²) in [5.74, 6) is 2.11. The second kappa shape index (κ2) is 5.02. The molecule has 0 spiro atoms. The maximum absolute atomic E-state index is 5.97. The summed E-state index contributed by atoms with van der Waals surface area (Å²) in [6.07, 6.45) is 2.46. The number of tetrazole rings is 1. The lowest BCUT2D eigenvalue weighted by Crippen LogP contribution is -2.30. The molecule has 3 rings (SSSR count). The van der Waals surface area contributed by atoms with Crippen molar-refractivity contribution in [3.63, 3.8) is 0 Å². The van der Waals surface area contributed by atoms with Gasteiger partial charge in [-0.3, -0.25) is 0 Å². The molecule has 1 aliphatic rings. The van der Waals surface area contributed by atoms with Gasteiger partial charge < -0.3 is 10.5 Å². The molecular formula is C15H21N5O. The minimum Gasteiger partial charge on any atom is -0.494 e. The van der Waals surface area contributed by atoms with Crippen LogP contribution in [0.15, 0.2) is 18.2 Å². The summed E-state index contributed by atoms with van der Waals surface area (Å²) in [6.45, 7) is 6.91. The molecule has 21 heavy (non-hydrogen) atoms. The van der Waals surface area contributed by atoms with Crippen molar-refractivity contribution in [2.45, 2.75) is 39.2 Å². The van der Waals surface area contributed by atoms with Gasteiger partial charge in [0.1, 0.15) is 5.75 Å². The van der Waals surface area contributed by atoms with Crippen LogP contribution in [-0.2, 0) is 5.54 Å². The molecule has 2 N–H and O–H groups in total. The normalized spacial score (nSPS) is 15.2. The number of benzene rings is 1. The van der Waals surface area contributed by atoms with Crippen LogP contribution in [0.1, 0.15) is 33.6 Å². The van der Waals surface area contributed by atoms with Crippen LogP contribution < -0.4 is 10.5 Å². The van der Waals surface area contributed by atoms with E-state index in [0.717, 1.165) is 17.1 Å². The minimum absolute atomic E-state index is 0.0881. The molecule has 112 valence electrons. The van der Waals surface area contributed by atoms with Crippen molar-refractivity contribution in [2.75, 3.05) is 12.3 Å². The molecule has 0 amide bonds. The maximum Gasteiger partial charge on any atom is 0.182 e. The van der Waals surface area contributed by atoms with E-state index < -0.39 is 0 Å². The Balaban J connectivity index is 2.03. The third kappa shape index (κ3) is 2.57. The van der Waals surface area contributed by atoms with Crippen molar-refractivity contribution < 1.29 is 4.74 Å². The number of nitrogen functional groups attached to an aromatic ring is 1. The summed E-state index contributed by atoms with van der Waals surface area (Å²) in [5, 5.41) is 12.3. The van der Waals surface area contributed by atoms with E-state index in [9.17, 15) is 0 Å². The van der Waals surface area contributed by atoms with E-state index in [-0.39, 0.29) is 5.54 Å². The molecule has 1 fully saturated rings. The zero-order valence-electron chi connectivity index (χ0n) is 12.7. The molecule has 2 aromatic rings. The summed E-state index contributed by atoms with van der Waals surface area (Å²) in [6, 6.07) is 5.63. The van der Waals surface area contributed by atoms with Gasteiger partial charge in [-0.1, -0.05) is 0 Å². The Bertz CT molecular complexity index is 645. The molecule has 0 unspecified atom stereocenters. The van der Waals surface area contributed by atoms with Gasteiger partial charge in [0.25, 0.3) is 0 Å². The Labute approximate surface area is 124 Å². The first-order valence-corrected chi connectivity index (χ1v) is 7.35. The molecule has 1 heterocycles. The second-order valence-corrected chi connectivity index (χ2v) is 6.07. The van der Waals surface area contributed by atoms with E-state index in [2.05, 4.69) is 29.4 Å². The highest BCUT2D eigenvalue weighted by Crippen LogP contribution is 2.44. The zero-order chi connectivity index (χ0) is 15.0. The van der Waals surface area contributed by atoms with Gasteiger partial charge in [-0.25, -0.2) is 4.68 Å². The molecule has 1 aromatic heterocycles. The number of hydrogen-bond donors (Lipinski definition) is 1. The molecule has 0 radical (unpaired) electrons. The van der Waals surface area contributed by atoms with Gasteiger partial charge in [0, 0.05) is 17.3 Å². The molecule has 0 saturated heterocycles. The average Bonchev–Trinajstić information content (AvgIpc) is 3.16. The molecule has 1 aromatic carbocycles. The highest BCUT2D eigenvalue weighted by Gasteiger charge is 2.41.